The zero-order chi connectivity index (χ0) is 15.2. The van der Waals surface area contributed by atoms with E-state index in [1.807, 2.05) is 0 Å². The van der Waals surface area contributed by atoms with Gasteiger partial charge in [-0.2, -0.15) is 0 Å². The van der Waals surface area contributed by atoms with Gasteiger partial charge in [-0.25, -0.2) is 0 Å². The lowest BCUT2D eigenvalue weighted by atomic mass is 10.2. The van der Waals surface area contributed by atoms with Gasteiger partial charge in [-0.05, 0) is 41.9 Å². The first kappa shape index (κ1) is 15.1. The van der Waals surface area contributed by atoms with Crippen molar-refractivity contribution >= 4 is 34.8 Å². The van der Waals surface area contributed by atoms with Crippen LogP contribution in [0.5, 0.6) is 0 Å². The Morgan fingerprint density at radius 2 is 1.76 bits per heavy atom. The maximum atomic E-state index is 11.9. The van der Waals surface area contributed by atoms with Crippen LogP contribution in [0.2, 0.25) is 5.22 Å². The molecule has 21 heavy (non-hydrogen) atoms. The normalized spacial score (nSPS) is 10.2. The van der Waals surface area contributed by atoms with Crippen molar-refractivity contribution < 1.29 is 18.7 Å². The highest BCUT2D eigenvalue weighted by molar-refractivity contribution is 6.32. The third-order valence-electron chi connectivity index (χ3n) is 2.56. The van der Waals surface area contributed by atoms with E-state index in [9.17, 15) is 9.59 Å². The topological polar surface area (TPSA) is 80.6 Å². The predicted molar refractivity (Wildman–Crippen MR) is 78.6 cm³/mol. The molecule has 0 radical (unpaired) electrons. The zero-order valence-corrected chi connectivity index (χ0v) is 11.9. The van der Waals surface area contributed by atoms with Crippen LogP contribution in [0.15, 0.2) is 41.0 Å². The molecule has 110 valence electrons. The Morgan fingerprint density at radius 3 is 2.29 bits per heavy atom. The summed E-state index contributed by atoms with van der Waals surface area (Å²) in [5.41, 5.74) is 1.44. The van der Waals surface area contributed by atoms with E-state index in [1.165, 1.54) is 19.4 Å². The van der Waals surface area contributed by atoms with Crippen molar-refractivity contribution in [1.29, 1.82) is 0 Å². The number of anilines is 2. The average Bonchev–Trinajstić information content (AvgIpc) is 2.87. The number of benzene rings is 1. The van der Waals surface area contributed by atoms with Gasteiger partial charge < -0.3 is 19.8 Å². The summed E-state index contributed by atoms with van der Waals surface area (Å²) < 4.78 is 9.57. The molecule has 0 fully saturated rings. The van der Waals surface area contributed by atoms with E-state index >= 15 is 0 Å². The Bertz CT molecular complexity index is 637. The Hall–Kier alpha value is -2.31. The molecule has 1 aromatic heterocycles. The molecule has 0 atom stereocenters. The van der Waals surface area contributed by atoms with E-state index in [4.69, 9.17) is 20.8 Å². The number of ether oxygens (including phenoxy) is 1. The van der Waals surface area contributed by atoms with E-state index in [0.717, 1.165) is 0 Å². The monoisotopic (exact) mass is 308 g/mol. The fourth-order valence-electron chi connectivity index (χ4n) is 1.62. The number of hydrogen-bond acceptors (Lipinski definition) is 4. The first-order chi connectivity index (χ1) is 10.1. The van der Waals surface area contributed by atoms with Crippen molar-refractivity contribution in [3.05, 3.63) is 47.4 Å². The fraction of sp³-hybridized carbons (Fsp3) is 0.143. The maximum absolute atomic E-state index is 11.9. The van der Waals surface area contributed by atoms with Crippen molar-refractivity contribution in [2.24, 2.45) is 0 Å². The summed E-state index contributed by atoms with van der Waals surface area (Å²) in [6.45, 7) is -0.0164. The van der Waals surface area contributed by atoms with Crippen molar-refractivity contribution in [3.63, 3.8) is 0 Å². The Balaban J connectivity index is 1.98. The highest BCUT2D eigenvalue weighted by Crippen LogP contribution is 2.19. The van der Waals surface area contributed by atoms with Gasteiger partial charge in [-0.15, -0.1) is 0 Å². The van der Waals surface area contributed by atoms with Crippen molar-refractivity contribution in [1.82, 2.24) is 0 Å². The van der Waals surface area contributed by atoms with Crippen LogP contribution >= 0.6 is 11.6 Å². The molecule has 7 heteroatoms. The second kappa shape index (κ2) is 6.92. The predicted octanol–water partition coefficient (Wildman–Crippen LogP) is 2.77. The summed E-state index contributed by atoms with van der Waals surface area (Å²) in [5, 5.41) is 5.36. The molecule has 2 aromatic rings. The van der Waals surface area contributed by atoms with Crippen molar-refractivity contribution in [3.8, 4) is 0 Å². The highest BCUT2D eigenvalue weighted by atomic mass is 35.5. The van der Waals surface area contributed by atoms with Gasteiger partial charge in [0.25, 0.3) is 5.91 Å². The number of carbonyl (C=O) groups excluding carboxylic acids is 2. The lowest BCUT2D eigenvalue weighted by Crippen LogP contribution is -2.17. The van der Waals surface area contributed by atoms with Crippen molar-refractivity contribution in [2.75, 3.05) is 24.4 Å². The van der Waals surface area contributed by atoms with Gasteiger partial charge in [-0.3, -0.25) is 9.59 Å². The molecule has 0 bridgehead atoms. The molecule has 0 unspecified atom stereocenters. The second-order valence-corrected chi connectivity index (χ2v) is 4.46. The fourth-order valence-corrected chi connectivity index (χ4v) is 1.82. The molecule has 0 aliphatic carbocycles. The molecule has 2 rings (SSSR count). The average molecular weight is 309 g/mol. The number of furan rings is 1. The van der Waals surface area contributed by atoms with Gasteiger partial charge in [0.05, 0.1) is 11.8 Å². The van der Waals surface area contributed by atoms with Crippen LogP contribution in [0.25, 0.3) is 0 Å². The first-order valence-corrected chi connectivity index (χ1v) is 6.41. The van der Waals surface area contributed by atoms with Crippen LogP contribution in [0, 0.1) is 0 Å². The molecule has 2 N–H and O–H groups in total. The minimum Gasteiger partial charge on any atom is -0.452 e. The summed E-state index contributed by atoms with van der Waals surface area (Å²) in [5.74, 6) is -0.621. The molecule has 0 saturated heterocycles. The number of amides is 2. The highest BCUT2D eigenvalue weighted by Gasteiger charge is 2.13. The van der Waals surface area contributed by atoms with Gasteiger partial charge in [0, 0.05) is 18.5 Å². The minimum absolute atomic E-state index is 0.0164. The largest absolute Gasteiger partial charge is 0.452 e. The molecule has 0 spiro atoms. The summed E-state index contributed by atoms with van der Waals surface area (Å²) in [6, 6.07) is 8.14. The first-order valence-electron chi connectivity index (χ1n) is 6.03. The molecule has 1 heterocycles. The van der Waals surface area contributed by atoms with Crippen LogP contribution in [0.4, 0.5) is 11.4 Å². The Kier molecular flexibility index (Phi) is 4.97. The third kappa shape index (κ3) is 4.08. The number of hydrogen-bond donors (Lipinski definition) is 2. The summed E-state index contributed by atoms with van der Waals surface area (Å²) in [4.78, 5) is 23.2. The smallest absolute Gasteiger partial charge is 0.260 e. The van der Waals surface area contributed by atoms with Gasteiger partial charge in [-0.1, -0.05) is 0 Å². The number of rotatable bonds is 5. The van der Waals surface area contributed by atoms with Gasteiger partial charge >= 0.3 is 0 Å². The quantitative estimate of drug-likeness (QED) is 0.890. The van der Waals surface area contributed by atoms with Gasteiger partial charge in [0.2, 0.25) is 11.1 Å². The lowest BCUT2D eigenvalue weighted by molar-refractivity contribution is -0.119. The number of methoxy groups -OCH3 is 1. The van der Waals surface area contributed by atoms with E-state index in [-0.39, 0.29) is 29.2 Å². The number of carbonyl (C=O) groups is 2. The molecule has 6 nitrogen and oxygen atoms in total. The molecule has 2 amide bonds. The number of nitrogens with one attached hydrogen (secondary N) is 2. The molecular weight excluding hydrogens is 296 g/mol. The third-order valence-corrected chi connectivity index (χ3v) is 2.86. The maximum Gasteiger partial charge on any atom is 0.260 e. The van der Waals surface area contributed by atoms with E-state index in [1.54, 1.807) is 24.3 Å². The van der Waals surface area contributed by atoms with Gasteiger partial charge in [0.15, 0.2) is 0 Å². The van der Waals surface area contributed by atoms with Crippen molar-refractivity contribution in [2.45, 2.75) is 0 Å². The lowest BCUT2D eigenvalue weighted by Gasteiger charge is -2.07. The van der Waals surface area contributed by atoms with E-state index in [2.05, 4.69) is 10.6 Å². The second-order valence-electron chi connectivity index (χ2n) is 4.12. The van der Waals surface area contributed by atoms with Crippen LogP contribution in [-0.2, 0) is 9.53 Å². The summed E-state index contributed by atoms with van der Waals surface area (Å²) in [7, 11) is 1.44. The van der Waals surface area contributed by atoms with Gasteiger partial charge in [0.1, 0.15) is 6.61 Å². The number of halogens is 1. The van der Waals surface area contributed by atoms with E-state index < -0.39 is 0 Å². The SMILES string of the molecule is COCC(=O)Nc1ccc(NC(=O)c2ccoc2Cl)cc1. The Labute approximate surface area is 126 Å². The summed E-state index contributed by atoms with van der Waals surface area (Å²) in [6.07, 6.45) is 1.34. The molecule has 0 aliphatic heterocycles. The van der Waals surface area contributed by atoms with E-state index in [0.29, 0.717) is 11.4 Å². The Morgan fingerprint density at radius 1 is 1.14 bits per heavy atom. The van der Waals surface area contributed by atoms with Crippen LogP contribution < -0.4 is 10.6 Å². The summed E-state index contributed by atoms with van der Waals surface area (Å²) >= 11 is 5.73. The van der Waals surface area contributed by atoms with Crippen LogP contribution in [0.3, 0.4) is 0 Å². The molecule has 1 aromatic carbocycles. The molecule has 0 aliphatic rings. The minimum atomic E-state index is -0.370. The molecule has 0 saturated carbocycles. The molecular formula is C14H13ClN2O4. The van der Waals surface area contributed by atoms with Crippen LogP contribution in [-0.4, -0.2) is 25.5 Å². The zero-order valence-electron chi connectivity index (χ0n) is 11.2. The van der Waals surface area contributed by atoms with Crippen LogP contribution in [0.1, 0.15) is 10.4 Å². The standard InChI is InChI=1S/C14H13ClN2O4/c1-20-8-12(18)16-9-2-4-10(5-3-9)17-14(19)11-6-7-21-13(11)15/h2-7H,8H2,1H3,(H,16,18)(H,17,19).